The van der Waals surface area contributed by atoms with Gasteiger partial charge in [0.1, 0.15) is 23.0 Å². The van der Waals surface area contributed by atoms with Gasteiger partial charge in [-0.15, -0.1) is 0 Å². The van der Waals surface area contributed by atoms with E-state index in [1.807, 2.05) is 12.1 Å². The Hall–Kier alpha value is -4.79. The number of benzene rings is 3. The minimum atomic E-state index is -1.02. The number of fused-ring (bicyclic) bond motifs is 1. The number of hydrogen-bond acceptors (Lipinski definition) is 7. The molecule has 5 rings (SSSR count). The summed E-state index contributed by atoms with van der Waals surface area (Å²) in [6.07, 6.45) is 0. The molecule has 1 unspecified atom stereocenters. The number of phenolic OH excluding ortho intramolecular Hbond substituents is 1. The van der Waals surface area contributed by atoms with E-state index < -0.39 is 23.5 Å². The number of phenols is 1. The maximum Gasteiger partial charge on any atom is 0.302 e. The van der Waals surface area contributed by atoms with Gasteiger partial charge >= 0.3 is 5.91 Å². The number of aromatic amines is 1. The lowest BCUT2D eigenvalue weighted by atomic mass is 9.95. The summed E-state index contributed by atoms with van der Waals surface area (Å²) in [4.78, 5) is 35.5. The molecule has 1 saturated heterocycles. The number of aliphatic hydroxyl groups is 1. The molecule has 0 saturated carbocycles. The first kappa shape index (κ1) is 22.0. The van der Waals surface area contributed by atoms with E-state index >= 15 is 0 Å². The SMILES string of the molecule is COc1ccc(OC)c(/C(O)=C2\C(=O)C(=O)N(c3nc4ccccc4[nH]3)C2c2ccc(O)cc2)c1. The highest BCUT2D eigenvalue weighted by Crippen LogP contribution is 2.43. The van der Waals surface area contributed by atoms with Crippen molar-refractivity contribution in [2.75, 3.05) is 19.1 Å². The van der Waals surface area contributed by atoms with Gasteiger partial charge in [-0.25, -0.2) is 4.98 Å². The number of rotatable bonds is 5. The molecular formula is C26H21N3O6. The van der Waals surface area contributed by atoms with Crippen molar-refractivity contribution >= 4 is 34.4 Å². The van der Waals surface area contributed by atoms with Crippen molar-refractivity contribution in [3.8, 4) is 17.2 Å². The van der Waals surface area contributed by atoms with Crippen molar-refractivity contribution < 1.29 is 29.3 Å². The fourth-order valence-corrected chi connectivity index (χ4v) is 4.22. The zero-order valence-corrected chi connectivity index (χ0v) is 18.9. The van der Waals surface area contributed by atoms with E-state index in [1.165, 1.54) is 37.3 Å². The second kappa shape index (κ2) is 8.53. The molecule has 4 aromatic rings. The van der Waals surface area contributed by atoms with E-state index in [0.29, 0.717) is 28.1 Å². The number of ketones is 1. The molecule has 1 aromatic heterocycles. The van der Waals surface area contributed by atoms with Crippen molar-refractivity contribution in [3.63, 3.8) is 0 Å². The van der Waals surface area contributed by atoms with E-state index in [4.69, 9.17) is 9.47 Å². The van der Waals surface area contributed by atoms with E-state index in [9.17, 15) is 19.8 Å². The van der Waals surface area contributed by atoms with Crippen LogP contribution in [-0.4, -0.2) is 46.1 Å². The van der Waals surface area contributed by atoms with Gasteiger partial charge < -0.3 is 24.7 Å². The second-order valence-corrected chi connectivity index (χ2v) is 7.90. The Kier molecular flexibility index (Phi) is 5.37. The summed E-state index contributed by atoms with van der Waals surface area (Å²) < 4.78 is 10.7. The third kappa shape index (κ3) is 3.63. The monoisotopic (exact) mass is 471 g/mol. The molecule has 1 atom stereocenters. The maximum absolute atomic E-state index is 13.4. The molecule has 3 aromatic carbocycles. The summed E-state index contributed by atoms with van der Waals surface area (Å²) >= 11 is 0. The number of nitrogens with zero attached hydrogens (tertiary/aromatic N) is 2. The third-order valence-electron chi connectivity index (χ3n) is 5.92. The summed E-state index contributed by atoms with van der Waals surface area (Å²) in [5.74, 6) is -1.26. The number of amides is 1. The zero-order valence-electron chi connectivity index (χ0n) is 18.9. The predicted molar refractivity (Wildman–Crippen MR) is 129 cm³/mol. The van der Waals surface area contributed by atoms with Crippen LogP contribution in [0.1, 0.15) is 17.2 Å². The van der Waals surface area contributed by atoms with Crippen molar-refractivity contribution in [3.05, 3.63) is 83.4 Å². The number of imidazole rings is 1. The molecule has 1 amide bonds. The Bertz CT molecular complexity index is 1460. The Labute approximate surface area is 199 Å². The molecule has 9 heteroatoms. The lowest BCUT2D eigenvalue weighted by molar-refractivity contribution is -0.132. The van der Waals surface area contributed by atoms with Crippen LogP contribution in [0, 0.1) is 0 Å². The number of aromatic nitrogens is 2. The molecule has 1 aliphatic heterocycles. The van der Waals surface area contributed by atoms with Crippen LogP contribution >= 0.6 is 0 Å². The van der Waals surface area contributed by atoms with E-state index in [-0.39, 0.29) is 22.8 Å². The molecule has 9 nitrogen and oxygen atoms in total. The smallest absolute Gasteiger partial charge is 0.302 e. The van der Waals surface area contributed by atoms with E-state index in [1.54, 1.807) is 36.4 Å². The van der Waals surface area contributed by atoms with Crippen LogP contribution in [0.3, 0.4) is 0 Å². The number of carbonyl (C=O) groups excluding carboxylic acids is 2. The van der Waals surface area contributed by atoms with Crippen LogP contribution < -0.4 is 14.4 Å². The molecule has 0 bridgehead atoms. The molecule has 176 valence electrons. The van der Waals surface area contributed by atoms with Crippen molar-refractivity contribution in [2.45, 2.75) is 6.04 Å². The van der Waals surface area contributed by atoms with Gasteiger partial charge in [-0.2, -0.15) is 0 Å². The standard InChI is InChI=1S/C26H21N3O6/c1-34-16-11-12-20(35-2)17(13-16)23(31)21-22(14-7-9-15(30)10-8-14)29(25(33)24(21)32)26-27-18-5-3-4-6-19(18)28-26/h3-13,22,30-31H,1-2H3,(H,27,28)/b23-21+. The molecule has 0 spiro atoms. The summed E-state index contributed by atoms with van der Waals surface area (Å²) in [5.41, 5.74) is 1.84. The predicted octanol–water partition coefficient (Wildman–Crippen LogP) is 3.91. The third-order valence-corrected chi connectivity index (χ3v) is 5.92. The number of nitrogens with one attached hydrogen (secondary N) is 1. The maximum atomic E-state index is 13.4. The van der Waals surface area contributed by atoms with Crippen molar-refractivity contribution in [1.82, 2.24) is 9.97 Å². The second-order valence-electron chi connectivity index (χ2n) is 7.90. The Morgan fingerprint density at radius 3 is 2.43 bits per heavy atom. The summed E-state index contributed by atoms with van der Waals surface area (Å²) in [5, 5.41) is 21.2. The largest absolute Gasteiger partial charge is 0.508 e. The first-order valence-electron chi connectivity index (χ1n) is 10.7. The Morgan fingerprint density at radius 2 is 1.74 bits per heavy atom. The molecule has 1 fully saturated rings. The fourth-order valence-electron chi connectivity index (χ4n) is 4.22. The first-order valence-corrected chi connectivity index (χ1v) is 10.7. The van der Waals surface area contributed by atoms with Crippen LogP contribution in [0.4, 0.5) is 5.95 Å². The number of Topliss-reactive ketones (excluding diaryl/α,β-unsaturated/α-hetero) is 1. The van der Waals surface area contributed by atoms with E-state index in [0.717, 1.165) is 0 Å². The topological polar surface area (TPSA) is 125 Å². The molecule has 3 N–H and O–H groups in total. The molecular weight excluding hydrogens is 450 g/mol. The Balaban J connectivity index is 1.76. The summed E-state index contributed by atoms with van der Waals surface area (Å²) in [7, 11) is 2.91. The highest BCUT2D eigenvalue weighted by molar-refractivity contribution is 6.51. The highest BCUT2D eigenvalue weighted by atomic mass is 16.5. The number of hydrogen-bond donors (Lipinski definition) is 3. The summed E-state index contributed by atoms with van der Waals surface area (Å²) in [6, 6.07) is 17.0. The number of ether oxygens (including phenoxy) is 2. The van der Waals surface area contributed by atoms with Crippen molar-refractivity contribution in [2.24, 2.45) is 0 Å². The minimum Gasteiger partial charge on any atom is -0.508 e. The zero-order chi connectivity index (χ0) is 24.7. The van der Waals surface area contributed by atoms with Gasteiger partial charge in [-0.3, -0.25) is 14.5 Å². The van der Waals surface area contributed by atoms with Crippen LogP contribution in [0.2, 0.25) is 0 Å². The quantitative estimate of drug-likeness (QED) is 0.229. The van der Waals surface area contributed by atoms with Gasteiger partial charge in [0, 0.05) is 0 Å². The van der Waals surface area contributed by atoms with Gasteiger partial charge in [0.05, 0.1) is 42.4 Å². The normalized spacial score (nSPS) is 17.2. The van der Waals surface area contributed by atoms with Crippen LogP contribution in [0.5, 0.6) is 17.2 Å². The number of para-hydroxylation sites is 2. The molecule has 0 aliphatic carbocycles. The lowest BCUT2D eigenvalue weighted by Gasteiger charge is -2.23. The first-order chi connectivity index (χ1) is 16.9. The molecule has 35 heavy (non-hydrogen) atoms. The number of anilines is 1. The van der Waals surface area contributed by atoms with Gasteiger partial charge in [-0.1, -0.05) is 24.3 Å². The van der Waals surface area contributed by atoms with Crippen molar-refractivity contribution in [1.29, 1.82) is 0 Å². The summed E-state index contributed by atoms with van der Waals surface area (Å²) in [6.45, 7) is 0. The molecule has 1 aliphatic rings. The number of aliphatic hydroxyl groups excluding tert-OH is 1. The van der Waals surface area contributed by atoms with E-state index in [2.05, 4.69) is 9.97 Å². The van der Waals surface area contributed by atoms with Gasteiger partial charge in [-0.05, 0) is 48.0 Å². The number of H-pyrrole nitrogens is 1. The van der Waals surface area contributed by atoms with Crippen LogP contribution in [0.25, 0.3) is 16.8 Å². The number of carbonyl (C=O) groups is 2. The lowest BCUT2D eigenvalue weighted by Crippen LogP contribution is -2.30. The van der Waals surface area contributed by atoms with Gasteiger partial charge in [0.15, 0.2) is 0 Å². The van der Waals surface area contributed by atoms with Gasteiger partial charge in [0.2, 0.25) is 5.95 Å². The molecule has 2 heterocycles. The van der Waals surface area contributed by atoms with Crippen LogP contribution in [0.15, 0.2) is 72.3 Å². The fraction of sp³-hybridized carbons (Fsp3) is 0.115. The average molecular weight is 471 g/mol. The minimum absolute atomic E-state index is 0.0175. The molecule has 0 radical (unpaired) electrons. The number of methoxy groups -OCH3 is 2. The van der Waals surface area contributed by atoms with Gasteiger partial charge in [0.25, 0.3) is 5.78 Å². The number of aromatic hydroxyl groups is 1. The average Bonchev–Trinajstić information content (AvgIpc) is 3.42. The Morgan fingerprint density at radius 1 is 1.00 bits per heavy atom. The van der Waals surface area contributed by atoms with Crippen LogP contribution in [-0.2, 0) is 9.59 Å². The highest BCUT2D eigenvalue weighted by Gasteiger charge is 2.48.